The number of rotatable bonds is 4. The van der Waals surface area contributed by atoms with Crippen LogP contribution in [0.5, 0.6) is 0 Å². The average Bonchev–Trinajstić information content (AvgIpc) is 2.49. The van der Waals surface area contributed by atoms with Crippen LogP contribution >= 0.6 is 0 Å². The van der Waals surface area contributed by atoms with Crippen molar-refractivity contribution in [3.63, 3.8) is 0 Å². The molecule has 0 radical (unpaired) electrons. The van der Waals surface area contributed by atoms with Gasteiger partial charge in [0.2, 0.25) is 0 Å². The summed E-state index contributed by atoms with van der Waals surface area (Å²) in [5.74, 6) is -1.84. The molecule has 0 aromatic carbocycles. The Morgan fingerprint density at radius 3 is 2.64 bits per heavy atom. The molecule has 0 bridgehead atoms. The van der Waals surface area contributed by atoms with Crippen LogP contribution in [-0.2, 0) is 6.42 Å². The van der Waals surface area contributed by atoms with Crippen molar-refractivity contribution in [2.24, 2.45) is 0 Å². The van der Waals surface area contributed by atoms with Gasteiger partial charge >= 0.3 is 5.97 Å². The van der Waals surface area contributed by atoms with Gasteiger partial charge in [-0.1, -0.05) is 6.92 Å². The lowest BCUT2D eigenvalue weighted by molar-refractivity contribution is 0.0673. The number of furan rings is 1. The van der Waals surface area contributed by atoms with E-state index in [2.05, 4.69) is 0 Å². The van der Waals surface area contributed by atoms with Crippen LogP contribution in [0.25, 0.3) is 0 Å². The first kappa shape index (κ1) is 10.7. The van der Waals surface area contributed by atoms with E-state index in [1.165, 1.54) is 0 Å². The molecule has 14 heavy (non-hydrogen) atoms. The minimum atomic E-state index is -2.88. The number of aromatic carboxylic acids is 1. The van der Waals surface area contributed by atoms with Gasteiger partial charge in [-0.25, -0.2) is 13.6 Å². The molecule has 0 fully saturated rings. The largest absolute Gasteiger partial charge is 0.478 e. The molecule has 0 saturated carbocycles. The Morgan fingerprint density at radius 2 is 2.29 bits per heavy atom. The van der Waals surface area contributed by atoms with Gasteiger partial charge in [-0.3, -0.25) is 0 Å². The summed E-state index contributed by atoms with van der Waals surface area (Å²) >= 11 is 0. The molecule has 1 aromatic rings. The number of alkyl halides is 2. The number of hydrogen-bond acceptors (Lipinski definition) is 2. The predicted octanol–water partition coefficient (Wildman–Crippen LogP) is 2.87. The molecular weight excluding hydrogens is 194 g/mol. The van der Waals surface area contributed by atoms with Crippen molar-refractivity contribution in [1.29, 1.82) is 0 Å². The maximum absolute atomic E-state index is 12.3. The van der Waals surface area contributed by atoms with Crippen LogP contribution in [-0.4, -0.2) is 11.1 Å². The van der Waals surface area contributed by atoms with E-state index in [0.29, 0.717) is 12.2 Å². The summed E-state index contributed by atoms with van der Waals surface area (Å²) in [6.07, 6.45) is -1.70. The van der Waals surface area contributed by atoms with Gasteiger partial charge in [0.15, 0.2) is 5.76 Å². The van der Waals surface area contributed by atoms with Crippen LogP contribution in [0, 0.1) is 0 Å². The lowest BCUT2D eigenvalue weighted by Crippen LogP contribution is -1.98. The van der Waals surface area contributed by atoms with Crippen molar-refractivity contribution in [2.75, 3.05) is 0 Å². The summed E-state index contributed by atoms with van der Waals surface area (Å²) in [5.41, 5.74) is -0.441. The normalized spacial score (nSPS) is 10.9. The molecule has 3 nitrogen and oxygen atoms in total. The molecule has 5 heteroatoms. The second-order valence-electron chi connectivity index (χ2n) is 2.85. The predicted molar refractivity (Wildman–Crippen MR) is 44.6 cm³/mol. The number of carbonyl (C=O) groups is 1. The lowest BCUT2D eigenvalue weighted by atomic mass is 10.2. The quantitative estimate of drug-likeness (QED) is 0.820. The third-order valence-corrected chi connectivity index (χ3v) is 1.74. The second kappa shape index (κ2) is 4.21. The topological polar surface area (TPSA) is 50.4 Å². The highest BCUT2D eigenvalue weighted by Crippen LogP contribution is 2.26. The molecular formula is C9H10F2O3. The third-order valence-electron chi connectivity index (χ3n) is 1.74. The fourth-order valence-electron chi connectivity index (χ4n) is 1.16. The monoisotopic (exact) mass is 204 g/mol. The molecule has 1 aromatic heterocycles. The molecule has 0 saturated heterocycles. The summed E-state index contributed by atoms with van der Waals surface area (Å²) in [6.45, 7) is 1.85. The second-order valence-corrected chi connectivity index (χ2v) is 2.85. The molecule has 0 amide bonds. The minimum Gasteiger partial charge on any atom is -0.478 e. The van der Waals surface area contributed by atoms with Gasteiger partial charge in [0, 0.05) is 6.42 Å². The number of aryl methyl sites for hydroxylation is 1. The fourth-order valence-corrected chi connectivity index (χ4v) is 1.16. The van der Waals surface area contributed by atoms with E-state index in [0.717, 1.165) is 12.5 Å². The standard InChI is InChI=1S/C9H10F2O3/c1-2-3-5-4-6(9(12)13)7(14-5)8(10)11/h4,8H,2-3H2,1H3,(H,12,13). The summed E-state index contributed by atoms with van der Waals surface area (Å²) in [6, 6.07) is 1.16. The van der Waals surface area contributed by atoms with Crippen molar-refractivity contribution < 1.29 is 23.1 Å². The van der Waals surface area contributed by atoms with Gasteiger partial charge in [0.1, 0.15) is 11.3 Å². The van der Waals surface area contributed by atoms with Crippen molar-refractivity contribution in [2.45, 2.75) is 26.2 Å². The Balaban J connectivity index is 3.06. The van der Waals surface area contributed by atoms with Crippen LogP contribution in [0.1, 0.15) is 41.6 Å². The maximum Gasteiger partial charge on any atom is 0.339 e. The highest BCUT2D eigenvalue weighted by Gasteiger charge is 2.23. The van der Waals surface area contributed by atoms with Gasteiger partial charge in [-0.2, -0.15) is 0 Å². The van der Waals surface area contributed by atoms with Crippen molar-refractivity contribution >= 4 is 5.97 Å². The van der Waals surface area contributed by atoms with E-state index in [1.807, 2.05) is 6.92 Å². The van der Waals surface area contributed by atoms with Gasteiger partial charge in [-0.15, -0.1) is 0 Å². The van der Waals surface area contributed by atoms with E-state index in [-0.39, 0.29) is 0 Å². The van der Waals surface area contributed by atoms with Gasteiger partial charge in [0.05, 0.1) is 0 Å². The van der Waals surface area contributed by atoms with Crippen molar-refractivity contribution in [3.8, 4) is 0 Å². The van der Waals surface area contributed by atoms with Gasteiger partial charge in [-0.05, 0) is 12.5 Å². The number of carboxylic acids is 1. The summed E-state index contributed by atoms with van der Waals surface area (Å²) in [5, 5.41) is 8.60. The molecule has 1 N–H and O–H groups in total. The van der Waals surface area contributed by atoms with E-state index >= 15 is 0 Å². The van der Waals surface area contributed by atoms with Gasteiger partial charge < -0.3 is 9.52 Å². The average molecular weight is 204 g/mol. The maximum atomic E-state index is 12.3. The number of hydrogen-bond donors (Lipinski definition) is 1. The highest BCUT2D eigenvalue weighted by atomic mass is 19.3. The number of carboxylic acid groups (broad SMARTS) is 1. The number of halogens is 2. The van der Waals surface area contributed by atoms with Gasteiger partial charge in [0.25, 0.3) is 6.43 Å². The molecule has 0 aliphatic rings. The highest BCUT2D eigenvalue weighted by molar-refractivity contribution is 5.89. The molecule has 0 atom stereocenters. The molecule has 0 unspecified atom stereocenters. The minimum absolute atomic E-state index is 0.292. The smallest absolute Gasteiger partial charge is 0.339 e. The molecule has 1 rings (SSSR count). The van der Waals surface area contributed by atoms with E-state index < -0.39 is 23.7 Å². The van der Waals surface area contributed by atoms with Crippen LogP contribution in [0.2, 0.25) is 0 Å². The Morgan fingerprint density at radius 1 is 1.64 bits per heavy atom. The van der Waals surface area contributed by atoms with E-state index in [4.69, 9.17) is 9.52 Å². The molecule has 0 aliphatic carbocycles. The fraction of sp³-hybridized carbons (Fsp3) is 0.444. The summed E-state index contributed by atoms with van der Waals surface area (Å²) < 4.78 is 29.3. The Kier molecular flexibility index (Phi) is 3.22. The first-order chi connectivity index (χ1) is 6.56. The SMILES string of the molecule is CCCc1cc(C(=O)O)c(C(F)F)o1. The summed E-state index contributed by atoms with van der Waals surface area (Å²) in [7, 11) is 0. The summed E-state index contributed by atoms with van der Waals surface area (Å²) in [4.78, 5) is 10.6. The van der Waals surface area contributed by atoms with Crippen molar-refractivity contribution in [3.05, 3.63) is 23.2 Å². The zero-order valence-corrected chi connectivity index (χ0v) is 7.59. The molecule has 1 heterocycles. The van der Waals surface area contributed by atoms with E-state index in [9.17, 15) is 13.6 Å². The first-order valence-electron chi connectivity index (χ1n) is 4.20. The van der Waals surface area contributed by atoms with Crippen LogP contribution in [0.4, 0.5) is 8.78 Å². The van der Waals surface area contributed by atoms with Crippen LogP contribution < -0.4 is 0 Å². The molecule has 0 spiro atoms. The lowest BCUT2D eigenvalue weighted by Gasteiger charge is -1.95. The third kappa shape index (κ3) is 2.10. The van der Waals surface area contributed by atoms with Crippen LogP contribution in [0.15, 0.2) is 10.5 Å². The molecule has 78 valence electrons. The Bertz CT molecular complexity index is 331. The Hall–Kier alpha value is -1.39. The first-order valence-corrected chi connectivity index (χ1v) is 4.20. The van der Waals surface area contributed by atoms with E-state index in [1.54, 1.807) is 0 Å². The zero-order chi connectivity index (χ0) is 10.7. The zero-order valence-electron chi connectivity index (χ0n) is 7.59. The molecule has 0 aliphatic heterocycles. The Labute approximate surface area is 79.3 Å². The van der Waals surface area contributed by atoms with Crippen LogP contribution in [0.3, 0.4) is 0 Å². The van der Waals surface area contributed by atoms with Crippen molar-refractivity contribution in [1.82, 2.24) is 0 Å².